The predicted molar refractivity (Wildman–Crippen MR) is 184 cm³/mol. The molecule has 0 saturated carbocycles. The Bertz CT molecular complexity index is 2050. The molecule has 0 amide bonds. The van der Waals surface area contributed by atoms with Crippen LogP contribution in [0.3, 0.4) is 0 Å². The second kappa shape index (κ2) is 8.68. The van der Waals surface area contributed by atoms with Crippen molar-refractivity contribution in [2.75, 3.05) is 14.2 Å². The van der Waals surface area contributed by atoms with Gasteiger partial charge in [0.25, 0.3) is 0 Å². The van der Waals surface area contributed by atoms with Gasteiger partial charge in [-0.1, -0.05) is 97.1 Å². The van der Waals surface area contributed by atoms with Crippen LogP contribution in [0.25, 0.3) is 21.5 Å². The van der Waals surface area contributed by atoms with Crippen LogP contribution in [0, 0.1) is 0 Å². The molecule has 0 fully saturated rings. The number of benzene rings is 7. The van der Waals surface area contributed by atoms with E-state index in [0.29, 0.717) is 0 Å². The largest absolute Gasteiger partial charge is 0.495 e. The first-order valence-electron chi connectivity index (χ1n) is 16.3. The van der Waals surface area contributed by atoms with E-state index in [1.807, 2.05) is 14.2 Å². The molecule has 0 heterocycles. The van der Waals surface area contributed by atoms with Gasteiger partial charge in [0, 0.05) is 45.2 Å². The average Bonchev–Trinajstić information content (AvgIpc) is 3.12. The maximum atomic E-state index is 6.40. The van der Waals surface area contributed by atoms with Crippen molar-refractivity contribution in [3.8, 4) is 11.5 Å². The minimum Gasteiger partial charge on any atom is -0.495 e. The summed E-state index contributed by atoms with van der Waals surface area (Å²) in [4.78, 5) is 0. The second-order valence-corrected chi connectivity index (χ2v) is 13.4. The molecule has 7 aromatic rings. The van der Waals surface area contributed by atoms with Crippen molar-refractivity contribution in [3.63, 3.8) is 0 Å². The summed E-state index contributed by atoms with van der Waals surface area (Å²) in [7, 11) is 3.65. The predicted octanol–water partition coefficient (Wildman–Crippen LogP) is 9.98. The van der Waals surface area contributed by atoms with Crippen LogP contribution in [0.2, 0.25) is 0 Å². The summed E-state index contributed by atoms with van der Waals surface area (Å²) < 4.78 is 12.8. The van der Waals surface area contributed by atoms with Crippen molar-refractivity contribution >= 4 is 21.5 Å². The lowest BCUT2D eigenvalue weighted by Gasteiger charge is -2.43. The quantitative estimate of drug-likeness (QED) is 0.187. The zero-order valence-electron chi connectivity index (χ0n) is 25.7. The topological polar surface area (TPSA) is 18.5 Å². The fourth-order valence-corrected chi connectivity index (χ4v) is 9.90. The maximum Gasteiger partial charge on any atom is 0.134 e. The van der Waals surface area contributed by atoms with E-state index in [0.717, 1.165) is 33.0 Å². The number of hydrogen-bond donors (Lipinski definition) is 0. The SMILES string of the molecule is COc1c2cc3c(cc2c(OC)c2cc4c(cc12)C1c2ccccc2C4c2ccccc21)C1c2ccccc2C3c2ccccc21. The molecule has 2 heteroatoms. The molecule has 218 valence electrons. The van der Waals surface area contributed by atoms with Crippen LogP contribution in [0.15, 0.2) is 121 Å². The summed E-state index contributed by atoms with van der Waals surface area (Å²) in [6, 6.07) is 45.8. The zero-order chi connectivity index (χ0) is 30.3. The van der Waals surface area contributed by atoms with Gasteiger partial charge >= 0.3 is 0 Å². The van der Waals surface area contributed by atoms with E-state index in [1.165, 1.54) is 66.8 Å². The van der Waals surface area contributed by atoms with E-state index < -0.39 is 0 Å². The Kier molecular flexibility index (Phi) is 4.70. The first-order chi connectivity index (χ1) is 22.8. The summed E-state index contributed by atoms with van der Waals surface area (Å²) in [6.45, 7) is 0. The lowest BCUT2D eigenvalue weighted by Crippen LogP contribution is -2.27. The van der Waals surface area contributed by atoms with E-state index in [-0.39, 0.29) is 23.7 Å². The van der Waals surface area contributed by atoms with Crippen LogP contribution < -0.4 is 9.47 Å². The van der Waals surface area contributed by atoms with Crippen molar-refractivity contribution in [2.24, 2.45) is 0 Å². The van der Waals surface area contributed by atoms with Crippen LogP contribution in [-0.2, 0) is 0 Å². The molecule has 0 aliphatic heterocycles. The third-order valence-electron chi connectivity index (χ3n) is 11.5. The van der Waals surface area contributed by atoms with E-state index >= 15 is 0 Å². The van der Waals surface area contributed by atoms with Gasteiger partial charge in [0.15, 0.2) is 0 Å². The average molecular weight is 591 g/mol. The Balaban J connectivity index is 1.23. The minimum atomic E-state index is 0.204. The molecule has 0 spiro atoms. The first-order valence-corrected chi connectivity index (χ1v) is 16.3. The van der Waals surface area contributed by atoms with Gasteiger partial charge in [0.1, 0.15) is 11.5 Å². The van der Waals surface area contributed by atoms with Crippen molar-refractivity contribution in [3.05, 3.63) is 188 Å². The van der Waals surface area contributed by atoms with E-state index in [2.05, 4.69) is 121 Å². The van der Waals surface area contributed by atoms with Crippen molar-refractivity contribution in [1.29, 1.82) is 0 Å². The number of methoxy groups -OCH3 is 2. The van der Waals surface area contributed by atoms with Crippen LogP contribution in [0.4, 0.5) is 0 Å². The number of rotatable bonds is 2. The van der Waals surface area contributed by atoms with Gasteiger partial charge in [0.05, 0.1) is 14.2 Å². The van der Waals surface area contributed by atoms with Crippen LogP contribution in [0.5, 0.6) is 11.5 Å². The summed E-state index contributed by atoms with van der Waals surface area (Å²) in [5, 5.41) is 4.48. The molecule has 46 heavy (non-hydrogen) atoms. The monoisotopic (exact) mass is 590 g/mol. The van der Waals surface area contributed by atoms with Gasteiger partial charge < -0.3 is 9.47 Å². The summed E-state index contributed by atoms with van der Waals surface area (Å²) in [5.41, 5.74) is 16.9. The van der Waals surface area contributed by atoms with E-state index in [1.54, 1.807) is 0 Å². The van der Waals surface area contributed by atoms with Gasteiger partial charge in [-0.05, 0) is 91.0 Å². The highest BCUT2D eigenvalue weighted by Gasteiger charge is 2.43. The molecular weight excluding hydrogens is 560 g/mol. The highest BCUT2D eigenvalue weighted by molar-refractivity contribution is 6.12. The normalized spacial score (nSPS) is 20.4. The number of ether oxygens (including phenoxy) is 2. The highest BCUT2D eigenvalue weighted by atomic mass is 16.5. The fourth-order valence-electron chi connectivity index (χ4n) is 9.90. The molecule has 0 N–H and O–H groups in total. The molecule has 0 radical (unpaired) electrons. The first kappa shape index (κ1) is 24.9. The lowest BCUT2D eigenvalue weighted by molar-refractivity contribution is 0.417. The fraction of sp³-hybridized carbons (Fsp3) is 0.136. The number of hydrogen-bond acceptors (Lipinski definition) is 2. The van der Waals surface area contributed by atoms with Gasteiger partial charge in [-0.2, -0.15) is 0 Å². The molecule has 0 unspecified atom stereocenters. The van der Waals surface area contributed by atoms with Crippen molar-refractivity contribution in [1.82, 2.24) is 0 Å². The van der Waals surface area contributed by atoms with E-state index in [9.17, 15) is 0 Å². The molecule has 4 bridgehead atoms. The molecule has 0 saturated heterocycles. The molecule has 13 rings (SSSR count). The Morgan fingerprint density at radius 2 is 0.500 bits per heavy atom. The van der Waals surface area contributed by atoms with Crippen LogP contribution >= 0.6 is 0 Å². The molecule has 6 aliphatic rings. The molecule has 7 aromatic carbocycles. The minimum absolute atomic E-state index is 0.204. The van der Waals surface area contributed by atoms with Gasteiger partial charge in [-0.15, -0.1) is 0 Å². The summed E-state index contributed by atoms with van der Waals surface area (Å²) in [6.07, 6.45) is 0. The Morgan fingerprint density at radius 1 is 0.304 bits per heavy atom. The molecule has 0 atom stereocenters. The molecule has 2 nitrogen and oxygen atoms in total. The van der Waals surface area contributed by atoms with Crippen LogP contribution in [0.1, 0.15) is 90.4 Å². The van der Waals surface area contributed by atoms with Crippen LogP contribution in [-0.4, -0.2) is 14.2 Å². The van der Waals surface area contributed by atoms with Crippen molar-refractivity contribution in [2.45, 2.75) is 23.7 Å². The Labute approximate surface area is 267 Å². The summed E-state index contributed by atoms with van der Waals surface area (Å²) in [5.74, 6) is 2.68. The van der Waals surface area contributed by atoms with Gasteiger partial charge in [0.2, 0.25) is 0 Å². The number of fused-ring (bicyclic) bond motifs is 2. The van der Waals surface area contributed by atoms with Crippen molar-refractivity contribution < 1.29 is 9.47 Å². The standard InChI is InChI=1S/C44H30O2/c1-45-43-35-19-31-33(41-27-15-7-3-11-23(27)39(31)24-12-4-8-16-28(24)41)21-37(35)44(46-2)38-22-34-32(20-36(38)43)40-25-13-5-9-17-29(25)42(34)30-18-10-6-14-26(30)40/h3-22,39-42H,1-2H3. The maximum absolute atomic E-state index is 6.40. The molecule has 6 aliphatic carbocycles. The van der Waals surface area contributed by atoms with Gasteiger partial charge in [-0.25, -0.2) is 0 Å². The Hall–Kier alpha value is -5.34. The smallest absolute Gasteiger partial charge is 0.134 e. The zero-order valence-corrected chi connectivity index (χ0v) is 25.7. The Morgan fingerprint density at radius 3 is 0.674 bits per heavy atom. The van der Waals surface area contributed by atoms with E-state index in [4.69, 9.17) is 9.47 Å². The van der Waals surface area contributed by atoms with Gasteiger partial charge in [-0.3, -0.25) is 0 Å². The summed E-state index contributed by atoms with van der Waals surface area (Å²) >= 11 is 0. The lowest BCUT2D eigenvalue weighted by atomic mass is 9.60. The second-order valence-electron chi connectivity index (χ2n) is 13.4. The molecule has 0 aromatic heterocycles. The highest BCUT2D eigenvalue weighted by Crippen LogP contribution is 2.60. The third kappa shape index (κ3) is 2.85. The molecular formula is C44H30O2. The third-order valence-corrected chi connectivity index (χ3v) is 11.5.